The first-order chi connectivity index (χ1) is 8.29. The van der Waals surface area contributed by atoms with Crippen LogP contribution in [0.3, 0.4) is 0 Å². The standard InChI is InChI=1S/C16H19N/c1-3-15-9-4-5-10-16(15)17-12-14-8-6-7-13(2)11-14/h4-11,17H,3,12H2,1-2H3. The molecule has 0 aliphatic rings. The number of nitrogens with one attached hydrogen (secondary N) is 1. The largest absolute Gasteiger partial charge is 0.381 e. The SMILES string of the molecule is CCc1ccccc1NCc1cccc(C)c1. The molecule has 2 rings (SSSR count). The number of aryl methyl sites for hydroxylation is 2. The first-order valence-corrected chi connectivity index (χ1v) is 6.17. The van der Waals surface area contributed by atoms with E-state index < -0.39 is 0 Å². The molecule has 0 fully saturated rings. The summed E-state index contributed by atoms with van der Waals surface area (Å²) in [5, 5.41) is 3.51. The summed E-state index contributed by atoms with van der Waals surface area (Å²) in [6, 6.07) is 17.1. The van der Waals surface area contributed by atoms with Gasteiger partial charge >= 0.3 is 0 Å². The van der Waals surface area contributed by atoms with Crippen molar-refractivity contribution in [3.8, 4) is 0 Å². The Kier molecular flexibility index (Phi) is 3.81. The fraction of sp³-hybridized carbons (Fsp3) is 0.250. The van der Waals surface area contributed by atoms with Crippen molar-refractivity contribution in [3.63, 3.8) is 0 Å². The van der Waals surface area contributed by atoms with Crippen LogP contribution in [0.15, 0.2) is 48.5 Å². The molecule has 0 aliphatic carbocycles. The number of hydrogen-bond acceptors (Lipinski definition) is 1. The molecule has 0 heterocycles. The molecule has 0 unspecified atom stereocenters. The van der Waals surface area contributed by atoms with E-state index in [2.05, 4.69) is 67.7 Å². The van der Waals surface area contributed by atoms with E-state index in [1.54, 1.807) is 0 Å². The van der Waals surface area contributed by atoms with Crippen LogP contribution in [0.5, 0.6) is 0 Å². The fourth-order valence-electron chi connectivity index (χ4n) is 2.02. The zero-order valence-corrected chi connectivity index (χ0v) is 10.5. The van der Waals surface area contributed by atoms with E-state index in [0.717, 1.165) is 13.0 Å². The summed E-state index contributed by atoms with van der Waals surface area (Å²) >= 11 is 0. The van der Waals surface area contributed by atoms with E-state index in [-0.39, 0.29) is 0 Å². The van der Waals surface area contributed by atoms with Gasteiger partial charge in [-0.1, -0.05) is 55.0 Å². The highest BCUT2D eigenvalue weighted by Gasteiger charge is 1.99. The van der Waals surface area contributed by atoms with Crippen molar-refractivity contribution in [2.75, 3.05) is 5.32 Å². The van der Waals surface area contributed by atoms with Gasteiger partial charge in [-0.25, -0.2) is 0 Å². The Morgan fingerprint density at radius 1 is 1.00 bits per heavy atom. The Hall–Kier alpha value is -1.76. The Balaban J connectivity index is 2.07. The van der Waals surface area contributed by atoms with Crippen molar-refractivity contribution in [1.82, 2.24) is 0 Å². The van der Waals surface area contributed by atoms with Crippen LogP contribution in [0.2, 0.25) is 0 Å². The van der Waals surface area contributed by atoms with Crippen molar-refractivity contribution in [2.45, 2.75) is 26.8 Å². The van der Waals surface area contributed by atoms with Gasteiger partial charge in [0, 0.05) is 12.2 Å². The zero-order valence-electron chi connectivity index (χ0n) is 10.5. The summed E-state index contributed by atoms with van der Waals surface area (Å²) in [7, 11) is 0. The molecular weight excluding hydrogens is 206 g/mol. The van der Waals surface area contributed by atoms with Gasteiger partial charge in [0.25, 0.3) is 0 Å². The first-order valence-electron chi connectivity index (χ1n) is 6.17. The van der Waals surface area contributed by atoms with Gasteiger partial charge in [0.2, 0.25) is 0 Å². The van der Waals surface area contributed by atoms with Gasteiger partial charge in [0.05, 0.1) is 0 Å². The molecular formula is C16H19N. The van der Waals surface area contributed by atoms with Gasteiger partial charge in [0.1, 0.15) is 0 Å². The highest BCUT2D eigenvalue weighted by molar-refractivity contribution is 5.51. The number of rotatable bonds is 4. The van der Waals surface area contributed by atoms with Crippen molar-refractivity contribution in [1.29, 1.82) is 0 Å². The predicted octanol–water partition coefficient (Wildman–Crippen LogP) is 4.17. The number of hydrogen-bond donors (Lipinski definition) is 1. The van der Waals surface area contributed by atoms with Gasteiger partial charge in [-0.15, -0.1) is 0 Å². The van der Waals surface area contributed by atoms with Crippen molar-refractivity contribution in [3.05, 3.63) is 65.2 Å². The normalized spacial score (nSPS) is 10.2. The van der Waals surface area contributed by atoms with Crippen LogP contribution >= 0.6 is 0 Å². The lowest BCUT2D eigenvalue weighted by molar-refractivity contribution is 1.09. The average molecular weight is 225 g/mol. The van der Waals surface area contributed by atoms with E-state index in [1.165, 1.54) is 22.4 Å². The molecule has 0 aliphatic heterocycles. The summed E-state index contributed by atoms with van der Waals surface area (Å²) in [5.74, 6) is 0. The molecule has 1 nitrogen and oxygen atoms in total. The summed E-state index contributed by atoms with van der Waals surface area (Å²) in [5.41, 5.74) is 5.26. The van der Waals surface area contributed by atoms with Crippen LogP contribution in [-0.2, 0) is 13.0 Å². The number of anilines is 1. The van der Waals surface area contributed by atoms with Crippen LogP contribution in [-0.4, -0.2) is 0 Å². The van der Waals surface area contributed by atoms with Crippen LogP contribution in [0.1, 0.15) is 23.6 Å². The molecule has 0 aromatic heterocycles. The van der Waals surface area contributed by atoms with E-state index in [9.17, 15) is 0 Å². The highest BCUT2D eigenvalue weighted by atomic mass is 14.9. The maximum absolute atomic E-state index is 3.51. The second-order valence-corrected chi connectivity index (χ2v) is 4.35. The van der Waals surface area contributed by atoms with E-state index >= 15 is 0 Å². The third kappa shape index (κ3) is 3.10. The van der Waals surface area contributed by atoms with Gasteiger partial charge < -0.3 is 5.32 Å². The Morgan fingerprint density at radius 2 is 1.82 bits per heavy atom. The van der Waals surface area contributed by atoms with Crippen LogP contribution in [0, 0.1) is 6.92 Å². The Morgan fingerprint density at radius 3 is 2.59 bits per heavy atom. The molecule has 0 saturated heterocycles. The van der Waals surface area contributed by atoms with Gasteiger partial charge in [-0.05, 0) is 30.5 Å². The zero-order chi connectivity index (χ0) is 12.1. The Labute approximate surface area is 103 Å². The maximum Gasteiger partial charge on any atom is 0.0400 e. The first kappa shape index (κ1) is 11.7. The minimum Gasteiger partial charge on any atom is -0.381 e. The van der Waals surface area contributed by atoms with Crippen molar-refractivity contribution < 1.29 is 0 Å². The number of para-hydroxylation sites is 1. The van der Waals surface area contributed by atoms with Gasteiger partial charge in [-0.3, -0.25) is 0 Å². The van der Waals surface area contributed by atoms with Crippen molar-refractivity contribution >= 4 is 5.69 Å². The molecule has 88 valence electrons. The summed E-state index contributed by atoms with van der Waals surface area (Å²) in [6.07, 6.45) is 1.07. The molecule has 2 aromatic rings. The third-order valence-electron chi connectivity index (χ3n) is 2.96. The molecule has 0 amide bonds. The van der Waals surface area contributed by atoms with E-state index in [4.69, 9.17) is 0 Å². The molecule has 0 saturated carbocycles. The predicted molar refractivity (Wildman–Crippen MR) is 74.3 cm³/mol. The molecule has 0 atom stereocenters. The molecule has 1 heteroatoms. The van der Waals surface area contributed by atoms with Gasteiger partial charge in [0.15, 0.2) is 0 Å². The molecule has 0 bridgehead atoms. The highest BCUT2D eigenvalue weighted by Crippen LogP contribution is 2.16. The lowest BCUT2D eigenvalue weighted by Gasteiger charge is -2.11. The maximum atomic E-state index is 3.51. The molecule has 17 heavy (non-hydrogen) atoms. The van der Waals surface area contributed by atoms with E-state index in [0.29, 0.717) is 0 Å². The second-order valence-electron chi connectivity index (χ2n) is 4.35. The topological polar surface area (TPSA) is 12.0 Å². The van der Waals surface area contributed by atoms with Gasteiger partial charge in [-0.2, -0.15) is 0 Å². The average Bonchev–Trinajstić information content (AvgIpc) is 2.37. The van der Waals surface area contributed by atoms with Crippen LogP contribution in [0.25, 0.3) is 0 Å². The quantitative estimate of drug-likeness (QED) is 0.823. The third-order valence-corrected chi connectivity index (χ3v) is 2.96. The number of benzene rings is 2. The monoisotopic (exact) mass is 225 g/mol. The summed E-state index contributed by atoms with van der Waals surface area (Å²) < 4.78 is 0. The summed E-state index contributed by atoms with van der Waals surface area (Å²) in [6.45, 7) is 5.20. The second kappa shape index (κ2) is 5.53. The van der Waals surface area contributed by atoms with Crippen LogP contribution < -0.4 is 5.32 Å². The minimum absolute atomic E-state index is 0.888. The van der Waals surface area contributed by atoms with E-state index in [1.807, 2.05) is 0 Å². The summed E-state index contributed by atoms with van der Waals surface area (Å²) in [4.78, 5) is 0. The lowest BCUT2D eigenvalue weighted by Crippen LogP contribution is -2.02. The lowest BCUT2D eigenvalue weighted by atomic mass is 10.1. The molecule has 1 N–H and O–H groups in total. The molecule has 0 spiro atoms. The van der Waals surface area contributed by atoms with Crippen molar-refractivity contribution in [2.24, 2.45) is 0 Å². The van der Waals surface area contributed by atoms with Crippen LogP contribution in [0.4, 0.5) is 5.69 Å². The molecule has 2 aromatic carbocycles. The Bertz CT molecular complexity index is 488. The minimum atomic E-state index is 0.888. The fourth-order valence-corrected chi connectivity index (χ4v) is 2.02. The molecule has 0 radical (unpaired) electrons. The smallest absolute Gasteiger partial charge is 0.0400 e.